The number of benzene rings is 1. The van der Waals surface area contributed by atoms with Gasteiger partial charge in [0.05, 0.1) is 0 Å². The zero-order valence-corrected chi connectivity index (χ0v) is 9.80. The lowest BCUT2D eigenvalue weighted by Crippen LogP contribution is -2.10. The van der Waals surface area contributed by atoms with Gasteiger partial charge in [0.2, 0.25) is 0 Å². The van der Waals surface area contributed by atoms with E-state index < -0.39 is 0 Å². The molecule has 1 fully saturated rings. The number of fused-ring (bicyclic) bond motifs is 1. The van der Waals surface area contributed by atoms with Crippen molar-refractivity contribution in [3.8, 4) is 0 Å². The zero-order chi connectivity index (χ0) is 10.8. The molecule has 3 rings (SSSR count). The Morgan fingerprint density at radius 2 is 2.38 bits per heavy atom. The van der Waals surface area contributed by atoms with Gasteiger partial charge in [-0.1, -0.05) is 23.9 Å². The van der Waals surface area contributed by atoms with Gasteiger partial charge >= 0.3 is 0 Å². The fourth-order valence-electron chi connectivity index (χ4n) is 1.96. The van der Waals surface area contributed by atoms with Crippen molar-refractivity contribution in [2.24, 2.45) is 5.92 Å². The van der Waals surface area contributed by atoms with E-state index in [0.717, 1.165) is 41.1 Å². The Kier molecular flexibility index (Phi) is 2.84. The number of oxazole rings is 1. The van der Waals surface area contributed by atoms with Crippen molar-refractivity contribution in [2.75, 3.05) is 18.8 Å². The molecule has 3 nitrogen and oxygen atoms in total. The summed E-state index contributed by atoms with van der Waals surface area (Å²) in [6, 6.07) is 7.91. The minimum Gasteiger partial charge on any atom is -0.431 e. The molecule has 1 aromatic heterocycles. The Balaban J connectivity index is 1.69. The first-order valence-corrected chi connectivity index (χ1v) is 6.59. The molecule has 1 aliphatic rings. The van der Waals surface area contributed by atoms with Crippen LogP contribution in [-0.4, -0.2) is 23.8 Å². The minimum absolute atomic E-state index is 0.764. The van der Waals surface area contributed by atoms with E-state index in [1.165, 1.54) is 6.42 Å². The third-order valence-corrected chi connectivity index (χ3v) is 3.94. The molecule has 2 heterocycles. The molecule has 1 atom stereocenters. The molecule has 0 saturated carbocycles. The molecule has 0 bridgehead atoms. The van der Waals surface area contributed by atoms with Crippen LogP contribution in [0.5, 0.6) is 0 Å². The number of nitrogens with zero attached hydrogens (tertiary/aromatic N) is 1. The van der Waals surface area contributed by atoms with Crippen molar-refractivity contribution in [3.63, 3.8) is 0 Å². The molecule has 0 unspecified atom stereocenters. The van der Waals surface area contributed by atoms with E-state index in [2.05, 4.69) is 10.3 Å². The van der Waals surface area contributed by atoms with Crippen LogP contribution in [0.2, 0.25) is 0 Å². The molecule has 0 spiro atoms. The van der Waals surface area contributed by atoms with E-state index in [4.69, 9.17) is 4.42 Å². The first-order valence-electron chi connectivity index (χ1n) is 5.61. The Morgan fingerprint density at radius 3 is 3.19 bits per heavy atom. The van der Waals surface area contributed by atoms with E-state index in [9.17, 15) is 0 Å². The van der Waals surface area contributed by atoms with Gasteiger partial charge in [-0.05, 0) is 37.6 Å². The van der Waals surface area contributed by atoms with Gasteiger partial charge in [0.15, 0.2) is 5.58 Å². The average Bonchev–Trinajstić information content (AvgIpc) is 2.95. The maximum Gasteiger partial charge on any atom is 0.256 e. The normalized spacial score (nSPS) is 20.6. The summed E-state index contributed by atoms with van der Waals surface area (Å²) < 4.78 is 5.66. The largest absolute Gasteiger partial charge is 0.431 e. The average molecular weight is 234 g/mol. The molecule has 1 N–H and O–H groups in total. The van der Waals surface area contributed by atoms with Gasteiger partial charge in [-0.3, -0.25) is 0 Å². The number of nitrogens with one attached hydrogen (secondary N) is 1. The smallest absolute Gasteiger partial charge is 0.256 e. The van der Waals surface area contributed by atoms with Gasteiger partial charge in [0.25, 0.3) is 5.22 Å². The van der Waals surface area contributed by atoms with E-state index in [1.54, 1.807) is 11.8 Å². The number of hydrogen-bond acceptors (Lipinski definition) is 4. The summed E-state index contributed by atoms with van der Waals surface area (Å²) in [6.07, 6.45) is 1.27. The van der Waals surface area contributed by atoms with Crippen LogP contribution in [0.25, 0.3) is 11.1 Å². The van der Waals surface area contributed by atoms with Gasteiger partial charge < -0.3 is 9.73 Å². The second kappa shape index (κ2) is 4.47. The van der Waals surface area contributed by atoms with Gasteiger partial charge in [-0.15, -0.1) is 0 Å². The predicted molar refractivity (Wildman–Crippen MR) is 65.7 cm³/mol. The predicted octanol–water partition coefficient (Wildman–Crippen LogP) is 2.53. The van der Waals surface area contributed by atoms with Gasteiger partial charge in [-0.2, -0.15) is 0 Å². The molecule has 0 amide bonds. The summed E-state index contributed by atoms with van der Waals surface area (Å²) in [5.41, 5.74) is 1.84. The van der Waals surface area contributed by atoms with Crippen molar-refractivity contribution in [2.45, 2.75) is 11.6 Å². The topological polar surface area (TPSA) is 38.1 Å². The Morgan fingerprint density at radius 1 is 1.44 bits per heavy atom. The number of thioether (sulfide) groups is 1. The van der Waals surface area contributed by atoms with Crippen LogP contribution in [-0.2, 0) is 0 Å². The molecular weight excluding hydrogens is 220 g/mol. The summed E-state index contributed by atoms with van der Waals surface area (Å²) in [5, 5.41) is 4.17. The molecule has 84 valence electrons. The lowest BCUT2D eigenvalue weighted by Gasteiger charge is -2.03. The standard InChI is InChI=1S/C12H14N2OS/c1-2-4-11-10(3-1)14-12(15-11)16-8-9-5-6-13-7-9/h1-4,9,13H,5-8H2/t9-/m0/s1. The lowest BCUT2D eigenvalue weighted by molar-refractivity contribution is 0.488. The number of aromatic nitrogens is 1. The minimum atomic E-state index is 0.764. The Bertz CT molecular complexity index is 444. The maximum absolute atomic E-state index is 5.66. The molecule has 16 heavy (non-hydrogen) atoms. The van der Waals surface area contributed by atoms with E-state index >= 15 is 0 Å². The highest BCUT2D eigenvalue weighted by molar-refractivity contribution is 7.99. The molecule has 2 aromatic rings. The molecule has 4 heteroatoms. The number of rotatable bonds is 3. The lowest BCUT2D eigenvalue weighted by atomic mass is 10.2. The summed E-state index contributed by atoms with van der Waals surface area (Å²) in [6.45, 7) is 2.28. The Hall–Kier alpha value is -1.00. The first kappa shape index (κ1) is 10.2. The fraction of sp³-hybridized carbons (Fsp3) is 0.417. The summed E-state index contributed by atoms with van der Waals surface area (Å²) in [7, 11) is 0. The van der Waals surface area contributed by atoms with Crippen LogP contribution in [0.4, 0.5) is 0 Å². The SMILES string of the molecule is c1ccc2oc(SC[C@H]3CCNC3)nc2c1. The molecular formula is C12H14N2OS. The third kappa shape index (κ3) is 2.08. The van der Waals surface area contributed by atoms with Crippen molar-refractivity contribution in [1.29, 1.82) is 0 Å². The van der Waals surface area contributed by atoms with Crippen LogP contribution in [0.15, 0.2) is 33.9 Å². The fourth-order valence-corrected chi connectivity index (χ4v) is 2.93. The number of para-hydroxylation sites is 2. The second-order valence-corrected chi connectivity index (χ2v) is 5.09. The van der Waals surface area contributed by atoms with E-state index in [1.807, 2.05) is 24.3 Å². The van der Waals surface area contributed by atoms with Crippen LogP contribution in [0.3, 0.4) is 0 Å². The Labute approximate surface area is 98.6 Å². The van der Waals surface area contributed by atoms with Crippen molar-refractivity contribution < 1.29 is 4.42 Å². The van der Waals surface area contributed by atoms with Crippen molar-refractivity contribution in [3.05, 3.63) is 24.3 Å². The van der Waals surface area contributed by atoms with E-state index in [0.29, 0.717) is 0 Å². The number of hydrogen-bond donors (Lipinski definition) is 1. The highest BCUT2D eigenvalue weighted by atomic mass is 32.2. The molecule has 1 saturated heterocycles. The van der Waals surface area contributed by atoms with Crippen molar-refractivity contribution >= 4 is 22.9 Å². The van der Waals surface area contributed by atoms with Crippen LogP contribution in [0, 0.1) is 5.92 Å². The van der Waals surface area contributed by atoms with Gasteiger partial charge in [0, 0.05) is 5.75 Å². The highest BCUT2D eigenvalue weighted by Crippen LogP contribution is 2.26. The molecule has 0 aliphatic carbocycles. The van der Waals surface area contributed by atoms with Crippen LogP contribution < -0.4 is 5.32 Å². The monoisotopic (exact) mass is 234 g/mol. The van der Waals surface area contributed by atoms with Gasteiger partial charge in [0.1, 0.15) is 5.52 Å². The quantitative estimate of drug-likeness (QED) is 0.828. The van der Waals surface area contributed by atoms with E-state index in [-0.39, 0.29) is 0 Å². The molecule has 0 radical (unpaired) electrons. The first-order chi connectivity index (χ1) is 7.92. The molecule has 1 aliphatic heterocycles. The summed E-state index contributed by atoms with van der Waals surface area (Å²) in [4.78, 5) is 4.45. The second-order valence-electron chi connectivity index (χ2n) is 4.12. The summed E-state index contributed by atoms with van der Waals surface area (Å²) >= 11 is 1.73. The third-order valence-electron chi connectivity index (χ3n) is 2.88. The molecule has 1 aromatic carbocycles. The maximum atomic E-state index is 5.66. The van der Waals surface area contributed by atoms with Crippen molar-refractivity contribution in [1.82, 2.24) is 10.3 Å². The summed E-state index contributed by atoms with van der Waals surface area (Å²) in [5.74, 6) is 1.86. The highest BCUT2D eigenvalue weighted by Gasteiger charge is 2.16. The zero-order valence-electron chi connectivity index (χ0n) is 8.98. The van der Waals surface area contributed by atoms with Crippen LogP contribution in [0.1, 0.15) is 6.42 Å². The van der Waals surface area contributed by atoms with Crippen LogP contribution >= 0.6 is 11.8 Å². The van der Waals surface area contributed by atoms with Gasteiger partial charge in [-0.25, -0.2) is 4.98 Å².